The number of rotatable bonds is 3. The summed E-state index contributed by atoms with van der Waals surface area (Å²) in [6.07, 6.45) is 2.01. The Morgan fingerprint density at radius 1 is 0.833 bits per heavy atom. The number of aromatic nitrogens is 2. The van der Waals surface area contributed by atoms with Gasteiger partial charge in [0.15, 0.2) is 5.75 Å². The monoisotopic (exact) mass is 442 g/mol. The smallest absolute Gasteiger partial charge is 0.155 e. The summed E-state index contributed by atoms with van der Waals surface area (Å²) in [7, 11) is 0. The third-order valence-electron chi connectivity index (χ3n) is 3.64. The minimum atomic E-state index is 0.757. The van der Waals surface area contributed by atoms with E-state index in [-0.39, 0.29) is 0 Å². The van der Waals surface area contributed by atoms with Crippen LogP contribution in [0.3, 0.4) is 0 Å². The van der Waals surface area contributed by atoms with E-state index in [2.05, 4.69) is 37.0 Å². The molecule has 118 valence electrons. The van der Waals surface area contributed by atoms with Crippen LogP contribution in [0.4, 0.5) is 0 Å². The topological polar surface area (TPSA) is 27.1 Å². The molecule has 24 heavy (non-hydrogen) atoms. The molecule has 4 aromatic rings. The molecule has 0 aliphatic rings. The first-order chi connectivity index (χ1) is 11.7. The van der Waals surface area contributed by atoms with Crippen molar-refractivity contribution >= 4 is 42.8 Å². The molecule has 0 aliphatic carbocycles. The van der Waals surface area contributed by atoms with Crippen molar-refractivity contribution in [3.63, 3.8) is 0 Å². The zero-order valence-corrected chi connectivity index (χ0v) is 15.7. The SMILES string of the molecule is Brc1cccc(Br)c1Oc1ccc2nn(-c3ccccc3)cc2c1. The Kier molecular flexibility index (Phi) is 4.12. The molecule has 3 nitrogen and oxygen atoms in total. The third-order valence-corrected chi connectivity index (χ3v) is 4.88. The fourth-order valence-electron chi connectivity index (χ4n) is 2.48. The number of hydrogen-bond acceptors (Lipinski definition) is 2. The van der Waals surface area contributed by atoms with E-state index in [9.17, 15) is 0 Å². The van der Waals surface area contributed by atoms with Crippen molar-refractivity contribution in [3.8, 4) is 17.2 Å². The maximum atomic E-state index is 6.03. The van der Waals surface area contributed by atoms with Gasteiger partial charge in [0.2, 0.25) is 0 Å². The molecular formula is C19H12Br2N2O. The molecule has 0 atom stereocenters. The van der Waals surface area contributed by atoms with E-state index >= 15 is 0 Å². The van der Waals surface area contributed by atoms with Crippen LogP contribution in [0.5, 0.6) is 11.5 Å². The van der Waals surface area contributed by atoms with Crippen molar-refractivity contribution < 1.29 is 4.74 Å². The van der Waals surface area contributed by atoms with Gasteiger partial charge in [-0.2, -0.15) is 5.10 Å². The summed E-state index contributed by atoms with van der Waals surface area (Å²) < 4.78 is 9.71. The van der Waals surface area contributed by atoms with E-state index in [0.29, 0.717) is 0 Å². The van der Waals surface area contributed by atoms with Crippen LogP contribution in [0, 0.1) is 0 Å². The van der Waals surface area contributed by atoms with Gasteiger partial charge in [-0.05, 0) is 74.3 Å². The summed E-state index contributed by atoms with van der Waals surface area (Å²) in [6, 6.07) is 21.8. The van der Waals surface area contributed by atoms with Gasteiger partial charge < -0.3 is 4.74 Å². The van der Waals surface area contributed by atoms with Crippen LogP contribution >= 0.6 is 31.9 Å². The maximum Gasteiger partial charge on any atom is 0.155 e. The molecule has 1 aromatic heterocycles. The number of hydrogen-bond donors (Lipinski definition) is 0. The summed E-state index contributed by atoms with van der Waals surface area (Å²) in [5, 5.41) is 5.64. The van der Waals surface area contributed by atoms with E-state index in [1.807, 2.05) is 77.6 Å². The second kappa shape index (κ2) is 6.42. The maximum absolute atomic E-state index is 6.03. The molecule has 0 bridgehead atoms. The number of halogens is 2. The third kappa shape index (κ3) is 2.97. The largest absolute Gasteiger partial charge is 0.455 e. The minimum absolute atomic E-state index is 0.757. The lowest BCUT2D eigenvalue weighted by atomic mass is 10.2. The minimum Gasteiger partial charge on any atom is -0.455 e. The molecule has 0 radical (unpaired) electrons. The molecule has 1 heterocycles. The number of ether oxygens (including phenoxy) is 1. The van der Waals surface area contributed by atoms with Crippen molar-refractivity contribution in [2.45, 2.75) is 0 Å². The first-order valence-electron chi connectivity index (χ1n) is 7.37. The first-order valence-corrected chi connectivity index (χ1v) is 8.96. The van der Waals surface area contributed by atoms with Gasteiger partial charge in [-0.1, -0.05) is 24.3 Å². The number of fused-ring (bicyclic) bond motifs is 1. The van der Waals surface area contributed by atoms with Gasteiger partial charge >= 0.3 is 0 Å². The number of para-hydroxylation sites is 2. The average Bonchev–Trinajstić information content (AvgIpc) is 3.02. The molecule has 3 aromatic carbocycles. The van der Waals surface area contributed by atoms with Crippen molar-refractivity contribution in [1.82, 2.24) is 9.78 Å². The van der Waals surface area contributed by atoms with Gasteiger partial charge in [-0.15, -0.1) is 0 Å². The Labute approximate surface area is 156 Å². The van der Waals surface area contributed by atoms with Crippen LogP contribution in [-0.4, -0.2) is 9.78 Å². The summed E-state index contributed by atoms with van der Waals surface area (Å²) in [5.74, 6) is 1.52. The van der Waals surface area contributed by atoms with Gasteiger partial charge in [0.05, 0.1) is 20.1 Å². The fraction of sp³-hybridized carbons (Fsp3) is 0. The van der Waals surface area contributed by atoms with Gasteiger partial charge in [-0.3, -0.25) is 0 Å². The quantitative estimate of drug-likeness (QED) is 0.369. The standard InChI is InChI=1S/C19H12Br2N2O/c20-16-7-4-8-17(21)19(16)24-15-9-10-18-13(11-15)12-23(22-18)14-5-2-1-3-6-14/h1-12H. The predicted octanol–water partition coefficient (Wildman–Crippen LogP) is 6.34. The zero-order chi connectivity index (χ0) is 16.5. The lowest BCUT2D eigenvalue weighted by Crippen LogP contribution is -1.92. The fourth-order valence-corrected chi connectivity index (χ4v) is 3.64. The van der Waals surface area contributed by atoms with E-state index in [1.165, 1.54) is 0 Å². The number of benzene rings is 3. The highest BCUT2D eigenvalue weighted by molar-refractivity contribution is 9.11. The van der Waals surface area contributed by atoms with Gasteiger partial charge in [-0.25, -0.2) is 4.68 Å². The molecule has 0 N–H and O–H groups in total. The van der Waals surface area contributed by atoms with Crippen molar-refractivity contribution in [1.29, 1.82) is 0 Å². The van der Waals surface area contributed by atoms with E-state index < -0.39 is 0 Å². The van der Waals surface area contributed by atoms with Gasteiger partial charge in [0.1, 0.15) is 5.75 Å². The van der Waals surface area contributed by atoms with Crippen molar-refractivity contribution in [2.75, 3.05) is 0 Å². The molecular weight excluding hydrogens is 432 g/mol. The predicted molar refractivity (Wildman–Crippen MR) is 103 cm³/mol. The Morgan fingerprint density at radius 3 is 2.33 bits per heavy atom. The molecule has 0 saturated heterocycles. The molecule has 0 saturated carbocycles. The zero-order valence-electron chi connectivity index (χ0n) is 12.5. The molecule has 4 rings (SSSR count). The highest BCUT2D eigenvalue weighted by Gasteiger charge is 2.09. The van der Waals surface area contributed by atoms with Gasteiger partial charge in [0.25, 0.3) is 0 Å². The summed E-state index contributed by atoms with van der Waals surface area (Å²) in [4.78, 5) is 0. The van der Waals surface area contributed by atoms with Crippen LogP contribution in [-0.2, 0) is 0 Å². The molecule has 5 heteroatoms. The van der Waals surface area contributed by atoms with E-state index in [1.54, 1.807) is 0 Å². The van der Waals surface area contributed by atoms with Crippen LogP contribution < -0.4 is 4.74 Å². The first kappa shape index (κ1) is 15.4. The molecule has 0 fully saturated rings. The highest BCUT2D eigenvalue weighted by atomic mass is 79.9. The lowest BCUT2D eigenvalue weighted by molar-refractivity contribution is 0.477. The van der Waals surface area contributed by atoms with Crippen LogP contribution in [0.15, 0.2) is 81.9 Å². The Morgan fingerprint density at radius 2 is 1.58 bits per heavy atom. The summed E-state index contributed by atoms with van der Waals surface area (Å²) in [5.41, 5.74) is 1.96. The van der Waals surface area contributed by atoms with E-state index in [0.717, 1.165) is 37.0 Å². The van der Waals surface area contributed by atoms with Crippen molar-refractivity contribution in [3.05, 3.63) is 81.9 Å². The molecule has 0 aliphatic heterocycles. The van der Waals surface area contributed by atoms with E-state index in [4.69, 9.17) is 4.74 Å². The van der Waals surface area contributed by atoms with Gasteiger partial charge in [0, 0.05) is 11.6 Å². The van der Waals surface area contributed by atoms with Crippen LogP contribution in [0.25, 0.3) is 16.6 Å². The normalized spacial score (nSPS) is 10.9. The Balaban J connectivity index is 1.71. The second-order valence-electron chi connectivity index (χ2n) is 5.28. The highest BCUT2D eigenvalue weighted by Crippen LogP contribution is 2.37. The molecule has 0 unspecified atom stereocenters. The lowest BCUT2D eigenvalue weighted by Gasteiger charge is -2.09. The van der Waals surface area contributed by atoms with Crippen LogP contribution in [0.1, 0.15) is 0 Å². The Bertz CT molecular complexity index is 992. The second-order valence-corrected chi connectivity index (χ2v) is 6.99. The average molecular weight is 444 g/mol. The summed E-state index contributed by atoms with van der Waals surface area (Å²) >= 11 is 7.04. The Hall–Kier alpha value is -2.11. The summed E-state index contributed by atoms with van der Waals surface area (Å²) in [6.45, 7) is 0. The molecule has 0 amide bonds. The van der Waals surface area contributed by atoms with Crippen molar-refractivity contribution in [2.24, 2.45) is 0 Å². The molecule has 0 spiro atoms. The van der Waals surface area contributed by atoms with Crippen LogP contribution in [0.2, 0.25) is 0 Å². The number of nitrogens with zero attached hydrogens (tertiary/aromatic N) is 2.